The van der Waals surface area contributed by atoms with Crippen molar-refractivity contribution in [2.45, 2.75) is 11.8 Å². The number of rotatable bonds is 1. The molecule has 0 aromatic carbocycles. The molecule has 2 nitrogen and oxygen atoms in total. The molecule has 0 radical (unpaired) electrons. The molecule has 0 aliphatic carbocycles. The van der Waals surface area contributed by atoms with Crippen molar-refractivity contribution in [1.29, 1.82) is 0 Å². The number of alkyl halides is 2. The molecule has 0 aliphatic rings. The zero-order valence-electron chi connectivity index (χ0n) is 5.77. The van der Waals surface area contributed by atoms with Crippen molar-refractivity contribution in [2.75, 3.05) is 14.1 Å². The zero-order chi connectivity index (χ0) is 7.86. The number of carbonyl (C=O) groups excluding carboxylic acids is 1. The highest BCUT2D eigenvalue weighted by Gasteiger charge is 1.75. The van der Waals surface area contributed by atoms with Crippen molar-refractivity contribution < 1.29 is 4.79 Å². The minimum absolute atomic E-state index is 0.222. The van der Waals surface area contributed by atoms with Crippen LogP contribution in [0.3, 0.4) is 0 Å². The smallest absolute Gasteiger partial charge is 0.209 e. The van der Waals surface area contributed by atoms with Crippen molar-refractivity contribution in [1.82, 2.24) is 4.90 Å². The molecule has 0 unspecified atom stereocenters. The van der Waals surface area contributed by atoms with E-state index in [1.54, 1.807) is 21.0 Å². The molecule has 0 spiro atoms. The predicted octanol–water partition coefficient (Wildman–Crippen LogP) is 1.51. The standard InChI is InChI=1S/C3H7NO.C2H4Cl2/c1-4(2)3-5;1-2(3)4/h3H,1-2H3;2H,1H3. The Hall–Kier alpha value is 0.0500. The topological polar surface area (TPSA) is 20.3 Å². The number of hydrogen-bond acceptors (Lipinski definition) is 1. The second-order valence-electron chi connectivity index (χ2n) is 1.59. The van der Waals surface area contributed by atoms with Gasteiger partial charge in [-0.05, 0) is 6.92 Å². The fourth-order valence-electron chi connectivity index (χ4n) is 0. The van der Waals surface area contributed by atoms with Crippen LogP contribution in [0.5, 0.6) is 0 Å². The summed E-state index contributed by atoms with van der Waals surface area (Å²) in [6.45, 7) is 1.70. The van der Waals surface area contributed by atoms with Crippen LogP contribution in [0.1, 0.15) is 6.92 Å². The average Bonchev–Trinajstić information content (AvgIpc) is 1.65. The van der Waals surface area contributed by atoms with Gasteiger partial charge in [-0.1, -0.05) is 0 Å². The largest absolute Gasteiger partial charge is 0.351 e. The van der Waals surface area contributed by atoms with Gasteiger partial charge in [0.15, 0.2) is 0 Å². The van der Waals surface area contributed by atoms with Crippen LogP contribution in [-0.2, 0) is 4.79 Å². The Labute approximate surface area is 65.7 Å². The third kappa shape index (κ3) is 70.1. The maximum absolute atomic E-state index is 9.43. The monoisotopic (exact) mass is 171 g/mol. The van der Waals surface area contributed by atoms with Gasteiger partial charge in [-0.15, -0.1) is 23.2 Å². The van der Waals surface area contributed by atoms with Crippen LogP contribution in [0.15, 0.2) is 0 Å². The van der Waals surface area contributed by atoms with Gasteiger partial charge < -0.3 is 4.90 Å². The highest BCUT2D eigenvalue weighted by atomic mass is 35.5. The first-order valence-corrected chi connectivity index (χ1v) is 3.27. The molecule has 4 heteroatoms. The van der Waals surface area contributed by atoms with E-state index in [1.165, 1.54) is 4.90 Å². The Morgan fingerprint density at radius 3 is 1.56 bits per heavy atom. The van der Waals surface area contributed by atoms with Gasteiger partial charge in [-0.25, -0.2) is 0 Å². The Morgan fingerprint density at radius 1 is 1.44 bits per heavy atom. The van der Waals surface area contributed by atoms with Gasteiger partial charge in [0.25, 0.3) is 0 Å². The van der Waals surface area contributed by atoms with Gasteiger partial charge in [0, 0.05) is 14.1 Å². The Kier molecular flexibility index (Phi) is 10.6. The summed E-state index contributed by atoms with van der Waals surface area (Å²) in [7, 11) is 3.38. The number of carbonyl (C=O) groups is 1. The van der Waals surface area contributed by atoms with Crippen molar-refractivity contribution >= 4 is 29.6 Å². The number of amides is 1. The zero-order valence-corrected chi connectivity index (χ0v) is 7.28. The lowest BCUT2D eigenvalue weighted by molar-refractivity contribution is -0.115. The summed E-state index contributed by atoms with van der Waals surface area (Å²) in [5.41, 5.74) is 0. The van der Waals surface area contributed by atoms with E-state index < -0.39 is 0 Å². The van der Waals surface area contributed by atoms with Gasteiger partial charge >= 0.3 is 0 Å². The Bertz CT molecular complexity index is 63.2. The van der Waals surface area contributed by atoms with Crippen LogP contribution >= 0.6 is 23.2 Å². The minimum Gasteiger partial charge on any atom is -0.351 e. The van der Waals surface area contributed by atoms with Gasteiger partial charge in [0.2, 0.25) is 6.41 Å². The van der Waals surface area contributed by atoms with Gasteiger partial charge in [0.05, 0.1) is 0 Å². The Morgan fingerprint density at radius 2 is 1.56 bits per heavy atom. The van der Waals surface area contributed by atoms with Gasteiger partial charge in [-0.2, -0.15) is 0 Å². The third-order valence-corrected chi connectivity index (χ3v) is 0.211. The summed E-state index contributed by atoms with van der Waals surface area (Å²) in [5.74, 6) is 0. The Balaban J connectivity index is 0. The van der Waals surface area contributed by atoms with Crippen LogP contribution in [0, 0.1) is 0 Å². The lowest BCUT2D eigenvalue weighted by Crippen LogP contribution is -2.06. The molecule has 0 atom stereocenters. The molecule has 0 fully saturated rings. The summed E-state index contributed by atoms with van der Waals surface area (Å²) < 4.78 is 0. The van der Waals surface area contributed by atoms with Crippen molar-refractivity contribution in [3.8, 4) is 0 Å². The molecule has 0 heterocycles. The van der Waals surface area contributed by atoms with E-state index in [2.05, 4.69) is 0 Å². The molecule has 9 heavy (non-hydrogen) atoms. The molecule has 0 N–H and O–H groups in total. The van der Waals surface area contributed by atoms with Crippen LogP contribution in [0.4, 0.5) is 0 Å². The van der Waals surface area contributed by atoms with Gasteiger partial charge in [-0.3, -0.25) is 4.79 Å². The summed E-state index contributed by atoms with van der Waals surface area (Å²) in [5, 5.41) is 0. The third-order valence-electron chi connectivity index (χ3n) is 0.211. The molecule has 0 saturated carbocycles. The molecular weight excluding hydrogens is 161 g/mol. The molecule has 0 aromatic heterocycles. The van der Waals surface area contributed by atoms with E-state index in [0.717, 1.165) is 6.41 Å². The van der Waals surface area contributed by atoms with Crippen molar-refractivity contribution in [2.24, 2.45) is 0 Å². The first kappa shape index (κ1) is 11.8. The fourth-order valence-corrected chi connectivity index (χ4v) is 0. The fraction of sp³-hybridized carbons (Fsp3) is 0.800. The normalized spacial score (nSPS) is 7.78. The molecule has 0 bridgehead atoms. The van der Waals surface area contributed by atoms with Crippen molar-refractivity contribution in [3.63, 3.8) is 0 Å². The molecule has 56 valence electrons. The maximum Gasteiger partial charge on any atom is 0.209 e. The van der Waals surface area contributed by atoms with Crippen LogP contribution in [-0.4, -0.2) is 30.2 Å². The average molecular weight is 172 g/mol. The van der Waals surface area contributed by atoms with E-state index >= 15 is 0 Å². The van der Waals surface area contributed by atoms with Crippen LogP contribution < -0.4 is 0 Å². The van der Waals surface area contributed by atoms with E-state index in [1.807, 2.05) is 0 Å². The summed E-state index contributed by atoms with van der Waals surface area (Å²) in [4.78, 5) is 10.7. The quantitative estimate of drug-likeness (QED) is 0.433. The molecule has 0 aromatic rings. The summed E-state index contributed by atoms with van der Waals surface area (Å²) in [6, 6.07) is 0. The van der Waals surface area contributed by atoms with E-state index in [-0.39, 0.29) is 4.84 Å². The molecule has 1 amide bonds. The summed E-state index contributed by atoms with van der Waals surface area (Å²) in [6.07, 6.45) is 0.750. The van der Waals surface area contributed by atoms with Crippen LogP contribution in [0.25, 0.3) is 0 Å². The molecule has 0 rings (SSSR count). The molecule has 0 saturated heterocycles. The first-order chi connectivity index (χ1) is 4.00. The number of hydrogen-bond donors (Lipinski definition) is 0. The van der Waals surface area contributed by atoms with Crippen LogP contribution in [0.2, 0.25) is 0 Å². The first-order valence-electron chi connectivity index (χ1n) is 2.40. The number of nitrogens with zero attached hydrogens (tertiary/aromatic N) is 1. The van der Waals surface area contributed by atoms with Gasteiger partial charge in [0.1, 0.15) is 4.84 Å². The minimum atomic E-state index is -0.222. The SMILES string of the molecule is CC(Cl)Cl.CN(C)C=O. The molecular formula is C5H11Cl2NO. The lowest BCUT2D eigenvalue weighted by atomic mass is 11.0. The summed E-state index contributed by atoms with van der Waals surface area (Å²) >= 11 is 10.1. The van der Waals surface area contributed by atoms with Crippen molar-refractivity contribution in [3.05, 3.63) is 0 Å². The second kappa shape index (κ2) is 8.05. The number of halogens is 2. The predicted molar refractivity (Wildman–Crippen MR) is 40.9 cm³/mol. The maximum atomic E-state index is 9.43. The highest BCUT2D eigenvalue weighted by molar-refractivity contribution is 6.43. The van der Waals surface area contributed by atoms with E-state index in [0.29, 0.717) is 0 Å². The highest BCUT2D eigenvalue weighted by Crippen LogP contribution is 1.95. The lowest BCUT2D eigenvalue weighted by Gasteiger charge is -1.93. The van der Waals surface area contributed by atoms with E-state index in [4.69, 9.17) is 23.2 Å². The van der Waals surface area contributed by atoms with E-state index in [9.17, 15) is 4.79 Å². The second-order valence-corrected chi connectivity index (χ2v) is 3.12. The molecule has 0 aliphatic heterocycles.